The van der Waals surface area contributed by atoms with Gasteiger partial charge < -0.3 is 19.1 Å². The minimum atomic E-state index is 0.103. The molecule has 0 radical (unpaired) electrons. The molecule has 2 rings (SSSR count). The van der Waals surface area contributed by atoms with E-state index >= 15 is 0 Å². The van der Waals surface area contributed by atoms with E-state index in [1.54, 1.807) is 14.2 Å². The number of hydrogen-bond donors (Lipinski definition) is 0. The number of nitrogens with zero attached hydrogens (tertiary/aromatic N) is 1. The van der Waals surface area contributed by atoms with Gasteiger partial charge in [0.15, 0.2) is 0 Å². The highest BCUT2D eigenvalue weighted by Crippen LogP contribution is 2.25. The zero-order chi connectivity index (χ0) is 16.1. The Morgan fingerprint density at radius 2 is 2.09 bits per heavy atom. The first kappa shape index (κ1) is 16.6. The number of morpholine rings is 1. The predicted molar refractivity (Wildman–Crippen MR) is 84.5 cm³/mol. The maximum Gasteiger partial charge on any atom is 0.223 e. The van der Waals surface area contributed by atoms with E-state index in [9.17, 15) is 4.79 Å². The third-order valence-corrected chi connectivity index (χ3v) is 4.02. The second kappa shape index (κ2) is 7.49. The van der Waals surface area contributed by atoms with Crippen LogP contribution in [0.15, 0.2) is 18.2 Å². The van der Waals surface area contributed by atoms with Crippen molar-refractivity contribution in [1.82, 2.24) is 4.90 Å². The van der Waals surface area contributed by atoms with Crippen LogP contribution < -0.4 is 9.47 Å². The number of hydrogen-bond acceptors (Lipinski definition) is 4. The Morgan fingerprint density at radius 1 is 1.32 bits per heavy atom. The third-order valence-electron chi connectivity index (χ3n) is 4.02. The van der Waals surface area contributed by atoms with Crippen molar-refractivity contribution in [3.05, 3.63) is 23.8 Å². The Balaban J connectivity index is 2.01. The van der Waals surface area contributed by atoms with Gasteiger partial charge in [0.1, 0.15) is 11.5 Å². The lowest BCUT2D eigenvalue weighted by Gasteiger charge is -2.37. The summed E-state index contributed by atoms with van der Waals surface area (Å²) in [4.78, 5) is 14.4. The van der Waals surface area contributed by atoms with E-state index in [-0.39, 0.29) is 18.1 Å². The quantitative estimate of drug-likeness (QED) is 0.837. The lowest BCUT2D eigenvalue weighted by Crippen LogP contribution is -2.50. The molecule has 1 fully saturated rings. The fraction of sp³-hybridized carbons (Fsp3) is 0.588. The molecule has 2 atom stereocenters. The zero-order valence-electron chi connectivity index (χ0n) is 13.8. The van der Waals surface area contributed by atoms with Crippen molar-refractivity contribution in [2.45, 2.75) is 38.8 Å². The van der Waals surface area contributed by atoms with Gasteiger partial charge in [-0.15, -0.1) is 0 Å². The predicted octanol–water partition coefficient (Wildman–Crippen LogP) is 2.27. The maximum absolute atomic E-state index is 12.5. The molecule has 5 heteroatoms. The lowest BCUT2D eigenvalue weighted by atomic mass is 10.1. The first-order valence-electron chi connectivity index (χ1n) is 7.67. The lowest BCUT2D eigenvalue weighted by molar-refractivity contribution is -0.143. The van der Waals surface area contributed by atoms with Crippen molar-refractivity contribution in [1.29, 1.82) is 0 Å². The number of methoxy groups -OCH3 is 2. The molecule has 1 saturated heterocycles. The highest BCUT2D eigenvalue weighted by atomic mass is 16.5. The highest BCUT2D eigenvalue weighted by molar-refractivity contribution is 5.77. The summed E-state index contributed by atoms with van der Waals surface area (Å²) in [5, 5.41) is 0. The molecule has 1 amide bonds. The van der Waals surface area contributed by atoms with Gasteiger partial charge >= 0.3 is 0 Å². The zero-order valence-corrected chi connectivity index (χ0v) is 13.8. The van der Waals surface area contributed by atoms with E-state index in [1.165, 1.54) is 0 Å². The van der Waals surface area contributed by atoms with E-state index in [4.69, 9.17) is 14.2 Å². The van der Waals surface area contributed by atoms with Gasteiger partial charge in [0.2, 0.25) is 5.91 Å². The first-order valence-corrected chi connectivity index (χ1v) is 7.67. The molecular formula is C17H25NO4. The second-order valence-corrected chi connectivity index (χ2v) is 5.72. The van der Waals surface area contributed by atoms with Crippen LogP contribution in [0.5, 0.6) is 11.5 Å². The second-order valence-electron chi connectivity index (χ2n) is 5.72. The molecule has 0 spiro atoms. The number of benzene rings is 1. The molecule has 22 heavy (non-hydrogen) atoms. The van der Waals surface area contributed by atoms with Crippen molar-refractivity contribution in [3.8, 4) is 11.5 Å². The van der Waals surface area contributed by atoms with Crippen LogP contribution in [-0.2, 0) is 16.0 Å². The molecule has 0 saturated carbocycles. The monoisotopic (exact) mass is 307 g/mol. The fourth-order valence-corrected chi connectivity index (χ4v) is 2.71. The van der Waals surface area contributed by atoms with Crippen molar-refractivity contribution in [2.75, 3.05) is 27.4 Å². The van der Waals surface area contributed by atoms with Gasteiger partial charge in [-0.25, -0.2) is 0 Å². The van der Waals surface area contributed by atoms with Crippen LogP contribution in [0.2, 0.25) is 0 Å². The Bertz CT molecular complexity index is 517. The molecule has 1 aliphatic heterocycles. The number of carbonyl (C=O) groups is 1. The molecule has 0 aliphatic carbocycles. The standard InChI is InChI=1S/C17H25NO4/c1-12-11-22-13(2)10-18(12)17(19)8-5-14-9-15(20-3)6-7-16(14)21-4/h6-7,9,12-13H,5,8,10-11H2,1-4H3. The summed E-state index contributed by atoms with van der Waals surface area (Å²) in [6.45, 7) is 5.29. The van der Waals surface area contributed by atoms with E-state index < -0.39 is 0 Å². The summed E-state index contributed by atoms with van der Waals surface area (Å²) in [5.41, 5.74) is 0.990. The van der Waals surface area contributed by atoms with Gasteiger partial charge in [0.25, 0.3) is 0 Å². The van der Waals surface area contributed by atoms with Crippen molar-refractivity contribution < 1.29 is 19.0 Å². The Kier molecular flexibility index (Phi) is 5.66. The molecule has 5 nitrogen and oxygen atoms in total. The van der Waals surface area contributed by atoms with E-state index in [1.807, 2.05) is 36.9 Å². The number of ether oxygens (including phenoxy) is 3. The van der Waals surface area contributed by atoms with Crippen LogP contribution in [0, 0.1) is 0 Å². The molecule has 1 aliphatic rings. The molecule has 0 bridgehead atoms. The minimum Gasteiger partial charge on any atom is -0.497 e. The van der Waals surface area contributed by atoms with Crippen LogP contribution in [0.4, 0.5) is 0 Å². The van der Waals surface area contributed by atoms with E-state index in [0.29, 0.717) is 26.0 Å². The third kappa shape index (κ3) is 3.91. The number of aryl methyl sites for hydroxylation is 1. The van der Waals surface area contributed by atoms with Crippen LogP contribution in [0.1, 0.15) is 25.8 Å². The SMILES string of the molecule is COc1ccc(OC)c(CCC(=O)N2CC(C)OCC2C)c1. The van der Waals surface area contributed by atoms with Gasteiger partial charge in [-0.05, 0) is 44.0 Å². The average molecular weight is 307 g/mol. The van der Waals surface area contributed by atoms with Crippen LogP contribution in [-0.4, -0.2) is 50.3 Å². The van der Waals surface area contributed by atoms with E-state index in [0.717, 1.165) is 17.1 Å². The Hall–Kier alpha value is -1.75. The van der Waals surface area contributed by atoms with Crippen molar-refractivity contribution in [3.63, 3.8) is 0 Å². The molecule has 1 heterocycles. The van der Waals surface area contributed by atoms with Crippen molar-refractivity contribution >= 4 is 5.91 Å². The minimum absolute atomic E-state index is 0.103. The smallest absolute Gasteiger partial charge is 0.223 e. The molecule has 1 aromatic carbocycles. The highest BCUT2D eigenvalue weighted by Gasteiger charge is 2.27. The van der Waals surface area contributed by atoms with Gasteiger partial charge in [0.05, 0.1) is 33.0 Å². The first-order chi connectivity index (χ1) is 10.5. The maximum atomic E-state index is 12.5. The molecular weight excluding hydrogens is 282 g/mol. The topological polar surface area (TPSA) is 48.0 Å². The number of amides is 1. The Labute approximate surface area is 132 Å². The molecule has 1 aromatic rings. The van der Waals surface area contributed by atoms with Crippen molar-refractivity contribution in [2.24, 2.45) is 0 Å². The molecule has 2 unspecified atom stereocenters. The van der Waals surface area contributed by atoms with Crippen LogP contribution in [0.3, 0.4) is 0 Å². The summed E-state index contributed by atoms with van der Waals surface area (Å²) in [5.74, 6) is 1.72. The van der Waals surface area contributed by atoms with Crippen LogP contribution >= 0.6 is 0 Å². The van der Waals surface area contributed by atoms with Gasteiger partial charge in [-0.2, -0.15) is 0 Å². The number of rotatable bonds is 5. The summed E-state index contributed by atoms with van der Waals surface area (Å²) in [6.07, 6.45) is 1.20. The fourth-order valence-electron chi connectivity index (χ4n) is 2.71. The molecule has 0 aromatic heterocycles. The molecule has 122 valence electrons. The molecule has 0 N–H and O–H groups in total. The normalized spacial score (nSPS) is 21.5. The number of carbonyl (C=O) groups excluding carboxylic acids is 1. The summed E-state index contributed by atoms with van der Waals surface area (Å²) >= 11 is 0. The summed E-state index contributed by atoms with van der Waals surface area (Å²) in [7, 11) is 3.27. The Morgan fingerprint density at radius 3 is 2.77 bits per heavy atom. The van der Waals surface area contributed by atoms with Crippen LogP contribution in [0.25, 0.3) is 0 Å². The van der Waals surface area contributed by atoms with Gasteiger partial charge in [0, 0.05) is 13.0 Å². The summed E-state index contributed by atoms with van der Waals surface area (Å²) < 4.78 is 16.2. The van der Waals surface area contributed by atoms with Gasteiger partial charge in [-0.1, -0.05) is 0 Å². The van der Waals surface area contributed by atoms with Gasteiger partial charge in [-0.3, -0.25) is 4.79 Å². The summed E-state index contributed by atoms with van der Waals surface area (Å²) in [6, 6.07) is 5.79. The average Bonchev–Trinajstić information content (AvgIpc) is 2.54. The van der Waals surface area contributed by atoms with E-state index in [2.05, 4.69) is 0 Å². The largest absolute Gasteiger partial charge is 0.497 e.